The van der Waals surface area contributed by atoms with Gasteiger partial charge in [0.1, 0.15) is 17.7 Å². The number of nitrogens with zero attached hydrogens (tertiary/aromatic N) is 2. The normalized spacial score (nSPS) is 14.5. The first kappa shape index (κ1) is 30.2. The van der Waals surface area contributed by atoms with E-state index >= 15 is 0 Å². The van der Waals surface area contributed by atoms with Gasteiger partial charge in [-0.05, 0) is 52.2 Å². The minimum absolute atomic E-state index is 0.0596. The standard InChI is InChI=1S/C27H36N4O7/c1-17(15-19-9-7-6-8-10-19)30(23(18(2)32)24(28)33)25(34)22(29-26(35)38-27(3,4)5)16-20-11-13-21(14-12-20)31(36)37/h6-14,17-18,22-23,32H,15-16H2,1-5H3,(H2,28,33)(H,29,35)/t17-,18+,22+,23+/m1/s1. The minimum atomic E-state index is -1.37. The molecule has 0 fully saturated rings. The Bertz CT molecular complexity index is 1110. The number of amides is 3. The molecule has 206 valence electrons. The fourth-order valence-electron chi connectivity index (χ4n) is 4.11. The highest BCUT2D eigenvalue weighted by Gasteiger charge is 2.39. The third-order valence-electron chi connectivity index (χ3n) is 5.73. The Kier molecular flexibility index (Phi) is 10.3. The van der Waals surface area contributed by atoms with Crippen LogP contribution in [0.5, 0.6) is 0 Å². The van der Waals surface area contributed by atoms with E-state index in [9.17, 15) is 29.6 Å². The van der Waals surface area contributed by atoms with Crippen molar-refractivity contribution in [3.63, 3.8) is 0 Å². The number of hydrogen-bond acceptors (Lipinski definition) is 7. The van der Waals surface area contributed by atoms with Crippen molar-refractivity contribution in [3.05, 3.63) is 75.8 Å². The number of nitro groups is 1. The van der Waals surface area contributed by atoms with Crippen LogP contribution in [0.1, 0.15) is 45.7 Å². The Morgan fingerprint density at radius 2 is 1.58 bits per heavy atom. The van der Waals surface area contributed by atoms with E-state index in [2.05, 4.69) is 5.32 Å². The van der Waals surface area contributed by atoms with Gasteiger partial charge in [0.25, 0.3) is 5.69 Å². The quantitative estimate of drug-likeness (QED) is 0.298. The fourth-order valence-corrected chi connectivity index (χ4v) is 4.11. The summed E-state index contributed by atoms with van der Waals surface area (Å²) in [7, 11) is 0. The molecule has 4 atom stereocenters. The third kappa shape index (κ3) is 8.84. The average Bonchev–Trinajstić information content (AvgIpc) is 2.80. The molecule has 0 aliphatic heterocycles. The van der Waals surface area contributed by atoms with E-state index in [0.717, 1.165) is 5.56 Å². The van der Waals surface area contributed by atoms with Gasteiger partial charge < -0.3 is 25.8 Å². The predicted molar refractivity (Wildman–Crippen MR) is 141 cm³/mol. The van der Waals surface area contributed by atoms with Gasteiger partial charge >= 0.3 is 6.09 Å². The average molecular weight is 529 g/mol. The van der Waals surface area contributed by atoms with Crippen molar-refractivity contribution >= 4 is 23.6 Å². The van der Waals surface area contributed by atoms with Crippen LogP contribution in [0.4, 0.5) is 10.5 Å². The summed E-state index contributed by atoms with van der Waals surface area (Å²) in [4.78, 5) is 50.9. The van der Waals surface area contributed by atoms with Gasteiger partial charge in [-0.25, -0.2) is 4.79 Å². The first-order valence-corrected chi connectivity index (χ1v) is 12.3. The predicted octanol–water partition coefficient (Wildman–Crippen LogP) is 2.73. The summed E-state index contributed by atoms with van der Waals surface area (Å²) >= 11 is 0. The molecule has 0 saturated heterocycles. The number of non-ortho nitro benzene ring substituents is 1. The zero-order valence-corrected chi connectivity index (χ0v) is 22.3. The maximum atomic E-state index is 14.0. The number of rotatable bonds is 11. The monoisotopic (exact) mass is 528 g/mol. The number of alkyl carbamates (subject to hydrolysis) is 1. The van der Waals surface area contributed by atoms with Gasteiger partial charge in [-0.3, -0.25) is 19.7 Å². The Hall–Kier alpha value is -3.99. The van der Waals surface area contributed by atoms with Gasteiger partial charge in [-0.2, -0.15) is 0 Å². The molecule has 0 radical (unpaired) electrons. The molecule has 0 spiro atoms. The number of nitrogens with two attached hydrogens (primary N) is 1. The summed E-state index contributed by atoms with van der Waals surface area (Å²) in [6.45, 7) is 8.09. The summed E-state index contributed by atoms with van der Waals surface area (Å²) in [5.74, 6) is -1.57. The highest BCUT2D eigenvalue weighted by molar-refractivity contribution is 5.91. The summed E-state index contributed by atoms with van der Waals surface area (Å²) in [5, 5.41) is 24.0. The number of ether oxygens (including phenoxy) is 1. The van der Waals surface area contributed by atoms with E-state index in [4.69, 9.17) is 10.5 Å². The van der Waals surface area contributed by atoms with E-state index in [0.29, 0.717) is 12.0 Å². The molecule has 0 aliphatic rings. The molecular weight excluding hydrogens is 492 g/mol. The molecule has 0 saturated carbocycles. The molecule has 4 N–H and O–H groups in total. The summed E-state index contributed by atoms with van der Waals surface area (Å²) in [5.41, 5.74) is 6.06. The van der Waals surface area contributed by atoms with Crippen LogP contribution in [0.25, 0.3) is 0 Å². The summed E-state index contributed by atoms with van der Waals surface area (Å²) in [6.07, 6.45) is -1.87. The van der Waals surface area contributed by atoms with Crippen molar-refractivity contribution in [1.29, 1.82) is 0 Å². The van der Waals surface area contributed by atoms with Crippen LogP contribution in [-0.2, 0) is 27.2 Å². The van der Waals surface area contributed by atoms with Crippen LogP contribution >= 0.6 is 0 Å². The second-order valence-corrected chi connectivity index (χ2v) is 10.2. The molecule has 11 heteroatoms. The van der Waals surface area contributed by atoms with Crippen molar-refractivity contribution in [1.82, 2.24) is 10.2 Å². The number of aliphatic hydroxyl groups is 1. The number of primary amides is 1. The zero-order valence-electron chi connectivity index (χ0n) is 22.3. The molecule has 0 aromatic heterocycles. The lowest BCUT2D eigenvalue weighted by molar-refractivity contribution is -0.384. The van der Waals surface area contributed by atoms with Crippen LogP contribution in [0.2, 0.25) is 0 Å². The van der Waals surface area contributed by atoms with Gasteiger partial charge in [0, 0.05) is 24.6 Å². The van der Waals surface area contributed by atoms with Gasteiger partial charge in [-0.15, -0.1) is 0 Å². The zero-order chi connectivity index (χ0) is 28.6. The van der Waals surface area contributed by atoms with Crippen molar-refractivity contribution in [3.8, 4) is 0 Å². The molecule has 2 rings (SSSR count). The maximum absolute atomic E-state index is 14.0. The minimum Gasteiger partial charge on any atom is -0.444 e. The van der Waals surface area contributed by atoms with E-state index in [1.165, 1.54) is 36.1 Å². The SMILES string of the molecule is C[C@H](O)[C@@H](C(N)=O)N(C(=O)[C@H](Cc1ccc([N+](=O)[O-])cc1)NC(=O)OC(C)(C)C)[C@H](C)Cc1ccccc1. The van der Waals surface area contributed by atoms with Gasteiger partial charge in [0.2, 0.25) is 11.8 Å². The Labute approximate surface area is 222 Å². The molecule has 0 aliphatic carbocycles. The molecule has 0 heterocycles. The van der Waals surface area contributed by atoms with Crippen LogP contribution in [0.3, 0.4) is 0 Å². The Morgan fingerprint density at radius 3 is 2.05 bits per heavy atom. The van der Waals surface area contributed by atoms with Crippen LogP contribution < -0.4 is 11.1 Å². The molecule has 2 aromatic rings. The lowest BCUT2D eigenvalue weighted by Gasteiger charge is -2.39. The fraction of sp³-hybridized carbons (Fsp3) is 0.444. The van der Waals surface area contributed by atoms with E-state index in [1.807, 2.05) is 30.3 Å². The summed E-state index contributed by atoms with van der Waals surface area (Å²) < 4.78 is 5.35. The second kappa shape index (κ2) is 13.0. The highest BCUT2D eigenvalue weighted by atomic mass is 16.6. The smallest absolute Gasteiger partial charge is 0.408 e. The number of benzene rings is 2. The van der Waals surface area contributed by atoms with Crippen LogP contribution in [0, 0.1) is 10.1 Å². The first-order chi connectivity index (χ1) is 17.7. The largest absolute Gasteiger partial charge is 0.444 e. The van der Waals surface area contributed by atoms with E-state index < -0.39 is 52.7 Å². The first-order valence-electron chi connectivity index (χ1n) is 12.3. The number of aliphatic hydroxyl groups excluding tert-OH is 1. The number of hydrogen-bond donors (Lipinski definition) is 3. The van der Waals surface area contributed by atoms with Crippen molar-refractivity contribution in [2.75, 3.05) is 0 Å². The molecule has 38 heavy (non-hydrogen) atoms. The number of nitro benzene ring substituents is 1. The number of carbonyl (C=O) groups is 3. The molecule has 2 aromatic carbocycles. The number of nitrogens with one attached hydrogen (secondary N) is 1. The molecule has 0 bridgehead atoms. The number of carbonyl (C=O) groups excluding carboxylic acids is 3. The molecule has 3 amide bonds. The lowest BCUT2D eigenvalue weighted by Crippen LogP contribution is -2.62. The van der Waals surface area contributed by atoms with Gasteiger partial charge in [-0.1, -0.05) is 42.5 Å². The maximum Gasteiger partial charge on any atom is 0.408 e. The Morgan fingerprint density at radius 1 is 1.03 bits per heavy atom. The second-order valence-electron chi connectivity index (χ2n) is 10.2. The highest BCUT2D eigenvalue weighted by Crippen LogP contribution is 2.20. The summed E-state index contributed by atoms with van der Waals surface area (Å²) in [6, 6.07) is 11.6. The molecule has 11 nitrogen and oxygen atoms in total. The van der Waals surface area contributed by atoms with E-state index in [-0.39, 0.29) is 12.1 Å². The van der Waals surface area contributed by atoms with Gasteiger partial charge in [0.05, 0.1) is 11.0 Å². The Balaban J connectivity index is 2.48. The lowest BCUT2D eigenvalue weighted by atomic mass is 9.98. The van der Waals surface area contributed by atoms with Crippen LogP contribution in [0.15, 0.2) is 54.6 Å². The molecule has 0 unspecified atom stereocenters. The topological polar surface area (TPSA) is 165 Å². The van der Waals surface area contributed by atoms with E-state index in [1.54, 1.807) is 27.7 Å². The van der Waals surface area contributed by atoms with Crippen molar-refractivity contribution in [2.45, 2.75) is 77.3 Å². The van der Waals surface area contributed by atoms with Crippen LogP contribution in [-0.4, -0.2) is 62.7 Å². The van der Waals surface area contributed by atoms with Gasteiger partial charge in [0.15, 0.2) is 0 Å². The van der Waals surface area contributed by atoms with Crippen molar-refractivity contribution < 1.29 is 29.2 Å². The third-order valence-corrected chi connectivity index (χ3v) is 5.73. The molecular formula is C27H36N4O7. The van der Waals surface area contributed by atoms with Crippen molar-refractivity contribution in [2.24, 2.45) is 5.73 Å².